The molecule has 3 N–H and O–H groups in total. The molecule has 0 saturated heterocycles. The maximum atomic E-state index is 14.0. The van der Waals surface area contributed by atoms with Gasteiger partial charge in [0.15, 0.2) is 5.96 Å². The Morgan fingerprint density at radius 3 is 2.50 bits per heavy atom. The first kappa shape index (κ1) is 23.1. The molecule has 0 amide bonds. The molecule has 1 aliphatic rings. The Bertz CT molecular complexity index is 708. The molecule has 9 heteroatoms. The van der Waals surface area contributed by atoms with Crippen LogP contribution in [-0.2, 0) is 15.4 Å². The quantitative estimate of drug-likeness (QED) is 0.211. The van der Waals surface area contributed by atoms with E-state index in [0.29, 0.717) is 32.0 Å². The predicted octanol–water partition coefficient (Wildman–Crippen LogP) is 1.97. The van der Waals surface area contributed by atoms with Crippen LogP contribution in [0.1, 0.15) is 31.7 Å². The highest BCUT2D eigenvalue weighted by Gasteiger charge is 2.45. The molecule has 0 spiro atoms. The average molecular weight is 498 g/mol. The van der Waals surface area contributed by atoms with Gasteiger partial charge >= 0.3 is 0 Å². The van der Waals surface area contributed by atoms with E-state index in [1.807, 2.05) is 12.1 Å². The second-order valence-corrected chi connectivity index (χ2v) is 8.36. The molecule has 0 aromatic heterocycles. The zero-order valence-electron chi connectivity index (χ0n) is 15.2. The molecule has 148 valence electrons. The molecule has 0 aliphatic heterocycles. The maximum absolute atomic E-state index is 14.0. The van der Waals surface area contributed by atoms with Crippen LogP contribution < -0.4 is 15.4 Å². The molecule has 2 rings (SSSR count). The van der Waals surface area contributed by atoms with Crippen molar-refractivity contribution in [3.63, 3.8) is 0 Å². The summed E-state index contributed by atoms with van der Waals surface area (Å²) in [7, 11) is -1.46. The van der Waals surface area contributed by atoms with Crippen LogP contribution in [0.4, 0.5) is 4.39 Å². The first-order valence-corrected chi connectivity index (χ1v) is 10.2. The molecular weight excluding hydrogens is 470 g/mol. The summed E-state index contributed by atoms with van der Waals surface area (Å²) in [6.45, 7) is 3.21. The Morgan fingerprint density at radius 2 is 1.92 bits per heavy atom. The Labute approximate surface area is 172 Å². The topological polar surface area (TPSA) is 82.6 Å². The van der Waals surface area contributed by atoms with Gasteiger partial charge in [-0.2, -0.15) is 0 Å². The number of hydrogen-bond donors (Lipinski definition) is 3. The van der Waals surface area contributed by atoms with Crippen molar-refractivity contribution in [1.82, 2.24) is 15.4 Å². The van der Waals surface area contributed by atoms with Gasteiger partial charge in [0.05, 0.1) is 5.75 Å². The van der Waals surface area contributed by atoms with Gasteiger partial charge in [0.2, 0.25) is 10.0 Å². The van der Waals surface area contributed by atoms with Crippen LogP contribution in [0, 0.1) is 5.82 Å². The van der Waals surface area contributed by atoms with Crippen LogP contribution in [0.5, 0.6) is 0 Å². The van der Waals surface area contributed by atoms with Crippen molar-refractivity contribution < 1.29 is 12.8 Å². The fourth-order valence-corrected chi connectivity index (χ4v) is 3.34. The van der Waals surface area contributed by atoms with E-state index in [0.717, 1.165) is 18.4 Å². The van der Waals surface area contributed by atoms with Gasteiger partial charge < -0.3 is 10.6 Å². The van der Waals surface area contributed by atoms with E-state index in [4.69, 9.17) is 0 Å². The van der Waals surface area contributed by atoms with E-state index in [2.05, 4.69) is 20.3 Å². The third-order valence-corrected chi connectivity index (χ3v) is 5.87. The zero-order valence-corrected chi connectivity index (χ0v) is 18.4. The fourth-order valence-electron chi connectivity index (χ4n) is 2.68. The fraction of sp³-hybridized carbons (Fsp3) is 0.588. The van der Waals surface area contributed by atoms with E-state index < -0.39 is 10.0 Å². The van der Waals surface area contributed by atoms with Gasteiger partial charge in [0.25, 0.3) is 0 Å². The number of benzene rings is 1. The molecule has 26 heavy (non-hydrogen) atoms. The lowest BCUT2D eigenvalue weighted by molar-refractivity contribution is 0.558. The molecule has 1 aliphatic carbocycles. The van der Waals surface area contributed by atoms with Gasteiger partial charge in [-0.25, -0.2) is 17.5 Å². The Balaban J connectivity index is 0.00000338. The van der Waals surface area contributed by atoms with Crippen LogP contribution in [0.3, 0.4) is 0 Å². The number of halogens is 2. The minimum Gasteiger partial charge on any atom is -0.356 e. The SMILES string of the molecule is CCS(=O)(=O)NCCCNC(=NC)NCC1(c2ccccc2F)CC1.I. The van der Waals surface area contributed by atoms with Gasteiger partial charge in [0, 0.05) is 32.1 Å². The normalized spacial score (nSPS) is 15.9. The minimum absolute atomic E-state index is 0. The van der Waals surface area contributed by atoms with Gasteiger partial charge in [0.1, 0.15) is 5.82 Å². The van der Waals surface area contributed by atoms with Crippen molar-refractivity contribution in [3.8, 4) is 0 Å². The van der Waals surface area contributed by atoms with Crippen molar-refractivity contribution in [1.29, 1.82) is 0 Å². The van der Waals surface area contributed by atoms with E-state index in [9.17, 15) is 12.8 Å². The number of hydrogen-bond acceptors (Lipinski definition) is 3. The number of sulfonamides is 1. The predicted molar refractivity (Wildman–Crippen MR) is 114 cm³/mol. The van der Waals surface area contributed by atoms with Gasteiger partial charge in [-0.3, -0.25) is 4.99 Å². The largest absolute Gasteiger partial charge is 0.356 e. The summed E-state index contributed by atoms with van der Waals surface area (Å²) in [5, 5.41) is 6.40. The summed E-state index contributed by atoms with van der Waals surface area (Å²) in [6, 6.07) is 6.92. The molecular formula is C17H28FIN4O2S. The summed E-state index contributed by atoms with van der Waals surface area (Å²) >= 11 is 0. The number of nitrogens with one attached hydrogen (secondary N) is 3. The molecule has 1 fully saturated rings. The van der Waals surface area contributed by atoms with Crippen molar-refractivity contribution in [2.45, 2.75) is 31.6 Å². The zero-order chi connectivity index (χ0) is 18.3. The molecule has 0 atom stereocenters. The van der Waals surface area contributed by atoms with Gasteiger partial charge in [-0.1, -0.05) is 18.2 Å². The number of nitrogens with zero attached hydrogens (tertiary/aromatic N) is 1. The first-order chi connectivity index (χ1) is 11.9. The molecule has 1 aromatic rings. The summed E-state index contributed by atoms with van der Waals surface area (Å²) in [6.07, 6.45) is 2.56. The molecule has 0 heterocycles. The lowest BCUT2D eigenvalue weighted by atomic mass is 9.95. The second-order valence-electron chi connectivity index (χ2n) is 6.26. The Morgan fingerprint density at radius 1 is 1.23 bits per heavy atom. The van der Waals surface area contributed by atoms with E-state index in [1.165, 1.54) is 6.07 Å². The molecule has 1 saturated carbocycles. The van der Waals surface area contributed by atoms with E-state index >= 15 is 0 Å². The monoisotopic (exact) mass is 498 g/mol. The smallest absolute Gasteiger partial charge is 0.211 e. The Hall–Kier alpha value is -0.940. The van der Waals surface area contributed by atoms with Crippen molar-refractivity contribution in [2.24, 2.45) is 4.99 Å². The van der Waals surface area contributed by atoms with Crippen molar-refractivity contribution in [2.75, 3.05) is 32.4 Å². The minimum atomic E-state index is -3.14. The average Bonchev–Trinajstić information content (AvgIpc) is 3.38. The van der Waals surface area contributed by atoms with Crippen LogP contribution in [0.2, 0.25) is 0 Å². The third kappa shape index (κ3) is 6.66. The third-order valence-electron chi connectivity index (χ3n) is 4.46. The molecule has 6 nitrogen and oxygen atoms in total. The second kappa shape index (κ2) is 10.4. The van der Waals surface area contributed by atoms with Crippen LogP contribution in [0.25, 0.3) is 0 Å². The summed E-state index contributed by atoms with van der Waals surface area (Å²) in [5.74, 6) is 0.566. The Kier molecular flexibility index (Phi) is 9.25. The number of aliphatic imine (C=N–C) groups is 1. The van der Waals surface area contributed by atoms with Crippen molar-refractivity contribution >= 4 is 40.0 Å². The van der Waals surface area contributed by atoms with Gasteiger partial charge in [-0.15, -0.1) is 24.0 Å². The lowest BCUT2D eigenvalue weighted by Gasteiger charge is -2.19. The first-order valence-electron chi connectivity index (χ1n) is 8.59. The highest BCUT2D eigenvalue weighted by Crippen LogP contribution is 2.48. The molecule has 0 unspecified atom stereocenters. The van der Waals surface area contributed by atoms with Crippen LogP contribution in [-0.4, -0.2) is 46.8 Å². The van der Waals surface area contributed by atoms with Crippen LogP contribution >= 0.6 is 24.0 Å². The molecule has 0 bridgehead atoms. The van der Waals surface area contributed by atoms with E-state index in [-0.39, 0.29) is 41.0 Å². The standard InChI is InChI=1S/C17H27FN4O2S.HI/c1-3-25(23,24)22-12-6-11-20-16(19-2)21-13-17(9-10-17)14-7-4-5-8-15(14)18;/h4-5,7-8,22H,3,6,9-13H2,1-2H3,(H2,19,20,21);1H. The molecule has 0 radical (unpaired) electrons. The van der Waals surface area contributed by atoms with Crippen LogP contribution in [0.15, 0.2) is 29.3 Å². The number of rotatable bonds is 9. The van der Waals surface area contributed by atoms with Crippen molar-refractivity contribution in [3.05, 3.63) is 35.6 Å². The van der Waals surface area contributed by atoms with Gasteiger partial charge in [-0.05, 0) is 37.8 Å². The van der Waals surface area contributed by atoms with E-state index in [1.54, 1.807) is 20.0 Å². The number of guanidine groups is 1. The molecule has 1 aromatic carbocycles. The highest BCUT2D eigenvalue weighted by molar-refractivity contribution is 14.0. The lowest BCUT2D eigenvalue weighted by Crippen LogP contribution is -2.42. The summed E-state index contributed by atoms with van der Waals surface area (Å²) in [5.41, 5.74) is 0.603. The highest BCUT2D eigenvalue weighted by atomic mass is 127. The summed E-state index contributed by atoms with van der Waals surface area (Å²) in [4.78, 5) is 4.16. The summed E-state index contributed by atoms with van der Waals surface area (Å²) < 4.78 is 39.2. The maximum Gasteiger partial charge on any atom is 0.211 e.